The van der Waals surface area contributed by atoms with E-state index in [1.54, 1.807) is 12.1 Å². The summed E-state index contributed by atoms with van der Waals surface area (Å²) in [5, 5.41) is 3.16. The van der Waals surface area contributed by atoms with Crippen molar-refractivity contribution in [2.24, 2.45) is 0 Å². The SMILES string of the molecule is COc1ccc(S(=O)(=O)N(C)C)cc1CCC(=O)N[C@H](c1ccccc1)c1ccccc1C. The van der Waals surface area contributed by atoms with Gasteiger partial charge in [-0.2, -0.15) is 0 Å². The first-order valence-electron chi connectivity index (χ1n) is 10.7. The lowest BCUT2D eigenvalue weighted by atomic mass is 9.94. The Labute approximate surface area is 196 Å². The Morgan fingerprint density at radius 2 is 1.67 bits per heavy atom. The average Bonchev–Trinajstić information content (AvgIpc) is 2.82. The summed E-state index contributed by atoms with van der Waals surface area (Å²) >= 11 is 0. The fourth-order valence-electron chi connectivity index (χ4n) is 3.70. The molecule has 0 spiro atoms. The third-order valence-electron chi connectivity index (χ3n) is 5.59. The Balaban J connectivity index is 1.82. The zero-order valence-electron chi connectivity index (χ0n) is 19.4. The van der Waals surface area contributed by atoms with Crippen molar-refractivity contribution in [3.05, 3.63) is 95.1 Å². The Kier molecular flexibility index (Phi) is 7.89. The third-order valence-corrected chi connectivity index (χ3v) is 7.40. The van der Waals surface area contributed by atoms with Crippen molar-refractivity contribution in [3.8, 4) is 5.75 Å². The number of carbonyl (C=O) groups is 1. The molecule has 33 heavy (non-hydrogen) atoms. The van der Waals surface area contributed by atoms with Gasteiger partial charge >= 0.3 is 0 Å². The van der Waals surface area contributed by atoms with E-state index in [0.717, 1.165) is 21.0 Å². The van der Waals surface area contributed by atoms with Crippen LogP contribution in [0.2, 0.25) is 0 Å². The summed E-state index contributed by atoms with van der Waals surface area (Å²) in [7, 11) is 0.925. The predicted octanol–water partition coefficient (Wildman–Crippen LogP) is 4.09. The van der Waals surface area contributed by atoms with Crippen LogP contribution in [0.3, 0.4) is 0 Å². The molecule has 6 nitrogen and oxygen atoms in total. The van der Waals surface area contributed by atoms with Crippen LogP contribution in [0.4, 0.5) is 0 Å². The van der Waals surface area contributed by atoms with Gasteiger partial charge in [-0.05, 0) is 53.8 Å². The highest BCUT2D eigenvalue weighted by molar-refractivity contribution is 7.89. The van der Waals surface area contributed by atoms with Crippen LogP contribution in [0.5, 0.6) is 5.75 Å². The van der Waals surface area contributed by atoms with Crippen LogP contribution in [-0.4, -0.2) is 39.8 Å². The maximum Gasteiger partial charge on any atom is 0.242 e. The van der Waals surface area contributed by atoms with Gasteiger partial charge in [0, 0.05) is 20.5 Å². The van der Waals surface area contributed by atoms with E-state index < -0.39 is 10.0 Å². The molecule has 0 unspecified atom stereocenters. The number of nitrogens with one attached hydrogen (secondary N) is 1. The smallest absolute Gasteiger partial charge is 0.242 e. The van der Waals surface area contributed by atoms with Crippen molar-refractivity contribution in [1.29, 1.82) is 0 Å². The number of benzene rings is 3. The van der Waals surface area contributed by atoms with Crippen molar-refractivity contribution in [2.45, 2.75) is 30.7 Å². The van der Waals surface area contributed by atoms with Gasteiger partial charge in [0.25, 0.3) is 0 Å². The molecular formula is C26H30N2O4S. The zero-order chi connectivity index (χ0) is 24.0. The molecule has 7 heteroatoms. The molecule has 0 aliphatic heterocycles. The molecule has 0 bridgehead atoms. The van der Waals surface area contributed by atoms with E-state index in [1.807, 2.05) is 61.5 Å². The van der Waals surface area contributed by atoms with Crippen LogP contribution < -0.4 is 10.1 Å². The monoisotopic (exact) mass is 466 g/mol. The fraction of sp³-hybridized carbons (Fsp3) is 0.269. The average molecular weight is 467 g/mol. The minimum atomic E-state index is -3.58. The van der Waals surface area contributed by atoms with Crippen LogP contribution in [0, 0.1) is 6.92 Å². The second-order valence-corrected chi connectivity index (χ2v) is 10.2. The van der Waals surface area contributed by atoms with Gasteiger partial charge in [0.15, 0.2) is 0 Å². The van der Waals surface area contributed by atoms with Gasteiger partial charge in [0.2, 0.25) is 15.9 Å². The Morgan fingerprint density at radius 3 is 2.30 bits per heavy atom. The first-order chi connectivity index (χ1) is 15.7. The van der Waals surface area contributed by atoms with Crippen LogP contribution in [0.25, 0.3) is 0 Å². The first-order valence-corrected chi connectivity index (χ1v) is 12.2. The minimum absolute atomic E-state index is 0.130. The predicted molar refractivity (Wildman–Crippen MR) is 130 cm³/mol. The molecule has 174 valence electrons. The Morgan fingerprint density at radius 1 is 1.00 bits per heavy atom. The maximum atomic E-state index is 13.0. The lowest BCUT2D eigenvalue weighted by molar-refractivity contribution is -0.121. The maximum absolute atomic E-state index is 13.0. The molecule has 1 N–H and O–H groups in total. The first kappa shape index (κ1) is 24.5. The van der Waals surface area contributed by atoms with E-state index in [0.29, 0.717) is 17.7 Å². The van der Waals surface area contributed by atoms with Crippen molar-refractivity contribution >= 4 is 15.9 Å². The van der Waals surface area contributed by atoms with Gasteiger partial charge in [-0.15, -0.1) is 0 Å². The second kappa shape index (κ2) is 10.6. The van der Waals surface area contributed by atoms with E-state index in [-0.39, 0.29) is 23.3 Å². The molecule has 1 atom stereocenters. The molecule has 3 aromatic rings. The molecule has 0 heterocycles. The number of carbonyl (C=O) groups excluding carboxylic acids is 1. The number of methoxy groups -OCH3 is 1. The fourth-order valence-corrected chi connectivity index (χ4v) is 4.65. The van der Waals surface area contributed by atoms with Crippen molar-refractivity contribution in [1.82, 2.24) is 9.62 Å². The molecular weight excluding hydrogens is 436 g/mol. The highest BCUT2D eigenvalue weighted by Crippen LogP contribution is 2.27. The normalized spacial score (nSPS) is 12.4. The van der Waals surface area contributed by atoms with E-state index in [2.05, 4.69) is 5.32 Å². The molecule has 0 saturated carbocycles. The van der Waals surface area contributed by atoms with Crippen molar-refractivity contribution in [2.75, 3.05) is 21.2 Å². The van der Waals surface area contributed by atoms with Crippen LogP contribution >= 0.6 is 0 Å². The zero-order valence-corrected chi connectivity index (χ0v) is 20.2. The number of hydrogen-bond donors (Lipinski definition) is 1. The van der Waals surface area contributed by atoms with Crippen LogP contribution in [0.15, 0.2) is 77.7 Å². The highest BCUT2D eigenvalue weighted by atomic mass is 32.2. The molecule has 3 rings (SSSR count). The molecule has 0 radical (unpaired) electrons. The van der Waals surface area contributed by atoms with Gasteiger partial charge in [0.1, 0.15) is 5.75 Å². The number of amides is 1. The summed E-state index contributed by atoms with van der Waals surface area (Å²) in [5.41, 5.74) is 3.79. The number of hydrogen-bond acceptors (Lipinski definition) is 4. The molecule has 3 aromatic carbocycles. The standard InChI is InChI=1S/C26H30N2O4S/c1-19-10-8-9-13-23(19)26(20-11-6-5-7-12-20)27-25(29)17-14-21-18-22(15-16-24(21)32-4)33(30,31)28(2)3/h5-13,15-16,18,26H,14,17H2,1-4H3,(H,27,29)/t26-/m1/s1. The third kappa shape index (κ3) is 5.80. The van der Waals surface area contributed by atoms with E-state index in [1.165, 1.54) is 27.3 Å². The molecule has 0 fully saturated rings. The summed E-state index contributed by atoms with van der Waals surface area (Å²) in [6, 6.07) is 22.3. The summed E-state index contributed by atoms with van der Waals surface area (Å²) in [5.74, 6) is 0.425. The van der Waals surface area contributed by atoms with Crippen LogP contribution in [0.1, 0.15) is 34.7 Å². The number of rotatable bonds is 9. The summed E-state index contributed by atoms with van der Waals surface area (Å²) < 4.78 is 31.6. The van der Waals surface area contributed by atoms with Gasteiger partial charge in [0.05, 0.1) is 18.0 Å². The topological polar surface area (TPSA) is 75.7 Å². The number of aryl methyl sites for hydroxylation is 2. The summed E-state index contributed by atoms with van der Waals surface area (Å²) in [6.45, 7) is 2.03. The van der Waals surface area contributed by atoms with Gasteiger partial charge in [-0.1, -0.05) is 54.6 Å². The Hall–Kier alpha value is -3.16. The van der Waals surface area contributed by atoms with Crippen molar-refractivity contribution < 1.29 is 17.9 Å². The highest BCUT2D eigenvalue weighted by Gasteiger charge is 2.21. The second-order valence-electron chi connectivity index (χ2n) is 8.03. The quantitative estimate of drug-likeness (QED) is 0.515. The number of sulfonamides is 1. The molecule has 0 aliphatic rings. The van der Waals surface area contributed by atoms with Gasteiger partial charge in [-0.3, -0.25) is 4.79 Å². The lowest BCUT2D eigenvalue weighted by Crippen LogP contribution is -2.30. The van der Waals surface area contributed by atoms with Crippen LogP contribution in [-0.2, 0) is 21.2 Å². The van der Waals surface area contributed by atoms with E-state index in [4.69, 9.17) is 4.74 Å². The summed E-state index contributed by atoms with van der Waals surface area (Å²) in [4.78, 5) is 13.2. The molecule has 1 amide bonds. The largest absolute Gasteiger partial charge is 0.496 e. The lowest BCUT2D eigenvalue weighted by Gasteiger charge is -2.22. The molecule has 0 aliphatic carbocycles. The number of ether oxygens (including phenoxy) is 1. The molecule has 0 saturated heterocycles. The van der Waals surface area contributed by atoms with Crippen molar-refractivity contribution in [3.63, 3.8) is 0 Å². The molecule has 0 aromatic heterocycles. The minimum Gasteiger partial charge on any atom is -0.496 e. The number of nitrogens with zero attached hydrogens (tertiary/aromatic N) is 1. The van der Waals surface area contributed by atoms with Gasteiger partial charge in [-0.25, -0.2) is 12.7 Å². The van der Waals surface area contributed by atoms with Gasteiger partial charge < -0.3 is 10.1 Å². The Bertz CT molecular complexity index is 1210. The summed E-state index contributed by atoms with van der Waals surface area (Å²) in [6.07, 6.45) is 0.540. The van der Waals surface area contributed by atoms with E-state index in [9.17, 15) is 13.2 Å². The van der Waals surface area contributed by atoms with E-state index >= 15 is 0 Å².